The summed E-state index contributed by atoms with van der Waals surface area (Å²) in [5.74, 6) is 0. The predicted octanol–water partition coefficient (Wildman–Crippen LogP) is 4.30. The number of aryl methyl sites for hydroxylation is 1. The second kappa shape index (κ2) is 5.15. The summed E-state index contributed by atoms with van der Waals surface area (Å²) in [6.45, 7) is 2.27. The average molecular weight is 383 g/mol. The summed E-state index contributed by atoms with van der Waals surface area (Å²) in [5.41, 5.74) is 0. The number of halogens is 1. The molecule has 76 valence electrons. The van der Waals surface area contributed by atoms with Gasteiger partial charge in [-0.3, -0.25) is 0 Å². The van der Waals surface area contributed by atoms with Crippen molar-refractivity contribution in [3.05, 3.63) is 19.5 Å². The van der Waals surface area contributed by atoms with Crippen LogP contribution in [-0.2, 0) is 6.42 Å². The molecule has 0 saturated carbocycles. The van der Waals surface area contributed by atoms with Gasteiger partial charge >= 0.3 is 109 Å². The van der Waals surface area contributed by atoms with E-state index in [9.17, 15) is 0 Å². The zero-order chi connectivity index (χ0) is 9.97. The van der Waals surface area contributed by atoms with Crippen LogP contribution in [0.25, 0.3) is 8.96 Å². The Balaban J connectivity index is 2.16. The molecule has 0 nitrogen and oxygen atoms in total. The fraction of sp³-hybridized carbons (Fsp3) is 0.455. The van der Waals surface area contributed by atoms with Gasteiger partial charge in [-0.2, -0.15) is 0 Å². The van der Waals surface area contributed by atoms with Crippen molar-refractivity contribution in [3.63, 3.8) is 0 Å². The summed E-state index contributed by atoms with van der Waals surface area (Å²) < 4.78 is 4.96. The van der Waals surface area contributed by atoms with Crippen LogP contribution in [0.3, 0.4) is 0 Å². The van der Waals surface area contributed by atoms with Gasteiger partial charge in [0.15, 0.2) is 0 Å². The molecule has 2 aromatic heterocycles. The summed E-state index contributed by atoms with van der Waals surface area (Å²) in [4.78, 5) is 0. The van der Waals surface area contributed by atoms with Crippen LogP contribution in [0.15, 0.2) is 11.4 Å². The summed E-state index contributed by atoms with van der Waals surface area (Å²) in [6, 6.07) is 2.29. The quantitative estimate of drug-likeness (QED) is 0.420. The zero-order valence-electron chi connectivity index (χ0n) is 8.18. The van der Waals surface area contributed by atoms with E-state index in [2.05, 4.69) is 41.0 Å². The number of hydrogen-bond donors (Lipinski definition) is 0. The first-order valence-electron chi connectivity index (χ1n) is 4.97. The first-order valence-corrected chi connectivity index (χ1v) is 8.64. The topological polar surface area (TPSA) is 0 Å². The first kappa shape index (κ1) is 11.2. The van der Waals surface area contributed by atoms with Crippen molar-refractivity contribution in [2.75, 3.05) is 0 Å². The van der Waals surface area contributed by atoms with E-state index in [1.165, 1.54) is 25.7 Å². The van der Waals surface area contributed by atoms with E-state index < -0.39 is 0 Å². The maximum atomic E-state index is 2.54. The molecule has 0 N–H and O–H groups in total. The molecule has 0 fully saturated rings. The van der Waals surface area contributed by atoms with Crippen molar-refractivity contribution in [2.45, 2.75) is 32.6 Å². The third-order valence-corrected chi connectivity index (χ3v) is 8.36. The molecule has 0 bridgehead atoms. The van der Waals surface area contributed by atoms with Crippen molar-refractivity contribution in [2.24, 2.45) is 0 Å². The van der Waals surface area contributed by atoms with E-state index in [0.717, 1.165) is 0 Å². The van der Waals surface area contributed by atoms with Gasteiger partial charge in [-0.05, 0) is 0 Å². The molecule has 0 unspecified atom stereocenters. The van der Waals surface area contributed by atoms with Crippen LogP contribution < -0.4 is 0 Å². The van der Waals surface area contributed by atoms with Crippen LogP contribution in [0.5, 0.6) is 0 Å². The Morgan fingerprint density at radius 1 is 1.43 bits per heavy atom. The molecule has 2 aromatic rings. The van der Waals surface area contributed by atoms with Gasteiger partial charge in [0.1, 0.15) is 0 Å². The van der Waals surface area contributed by atoms with E-state index >= 15 is 0 Å². The first-order chi connectivity index (χ1) is 6.83. The predicted molar refractivity (Wildman–Crippen MR) is 74.7 cm³/mol. The van der Waals surface area contributed by atoms with Crippen LogP contribution in [0, 0.1) is 3.57 Å². The molecule has 0 aromatic carbocycles. The van der Waals surface area contributed by atoms with Gasteiger partial charge in [-0.1, -0.05) is 0 Å². The monoisotopic (exact) mass is 384 g/mol. The van der Waals surface area contributed by atoms with E-state index in [0.29, 0.717) is 14.5 Å². The Morgan fingerprint density at radius 3 is 3.00 bits per heavy atom. The fourth-order valence-corrected chi connectivity index (χ4v) is 7.27. The second-order valence-electron chi connectivity index (χ2n) is 3.42. The Bertz CT molecular complexity index is 416. The normalized spacial score (nSPS) is 11.3. The minimum absolute atomic E-state index is 0.660. The Kier molecular flexibility index (Phi) is 4.11. The Hall–Kier alpha value is 0.689. The maximum absolute atomic E-state index is 2.54. The SMILES string of the molecule is CCCCCc1[se]c2sccc2c1I. The van der Waals surface area contributed by atoms with Crippen molar-refractivity contribution >= 4 is 57.4 Å². The molecule has 0 aliphatic heterocycles. The molecule has 0 saturated heterocycles. The molecule has 0 aliphatic carbocycles. The van der Waals surface area contributed by atoms with Crippen molar-refractivity contribution in [1.82, 2.24) is 0 Å². The summed E-state index contributed by atoms with van der Waals surface area (Å²) in [6.07, 6.45) is 5.44. The standard InChI is InChI=1S/C11H13ISSe/c1-2-3-4-5-9-10(12)8-6-7-13-11(8)14-9/h6-7H,2-5H2,1H3. The van der Waals surface area contributed by atoms with Gasteiger partial charge in [0.05, 0.1) is 0 Å². The van der Waals surface area contributed by atoms with Crippen molar-refractivity contribution in [1.29, 1.82) is 0 Å². The van der Waals surface area contributed by atoms with Gasteiger partial charge < -0.3 is 0 Å². The average Bonchev–Trinajstić information content (AvgIpc) is 2.72. The number of thiophene rings is 1. The third kappa shape index (κ3) is 2.26. The number of hydrogen-bond acceptors (Lipinski definition) is 1. The molecular formula is C11H13ISSe. The molecule has 2 heterocycles. The van der Waals surface area contributed by atoms with Crippen LogP contribution in [0.1, 0.15) is 30.6 Å². The molecule has 0 spiro atoms. The molecule has 3 heteroatoms. The van der Waals surface area contributed by atoms with Crippen LogP contribution >= 0.6 is 33.9 Å². The van der Waals surface area contributed by atoms with E-state index in [-0.39, 0.29) is 0 Å². The third-order valence-electron chi connectivity index (χ3n) is 2.33. The molecule has 0 radical (unpaired) electrons. The molecule has 0 aliphatic rings. The van der Waals surface area contributed by atoms with Gasteiger partial charge in [-0.25, -0.2) is 0 Å². The van der Waals surface area contributed by atoms with Crippen LogP contribution in [0.2, 0.25) is 0 Å². The molecule has 2 rings (SSSR count). The number of unbranched alkanes of at least 4 members (excludes halogenated alkanes) is 2. The van der Waals surface area contributed by atoms with E-state index in [4.69, 9.17) is 0 Å². The molecule has 0 atom stereocenters. The summed E-state index contributed by atoms with van der Waals surface area (Å²) in [5, 5.41) is 3.77. The molecule has 14 heavy (non-hydrogen) atoms. The zero-order valence-corrected chi connectivity index (χ0v) is 12.9. The van der Waals surface area contributed by atoms with E-state index in [1.54, 1.807) is 17.0 Å². The van der Waals surface area contributed by atoms with Gasteiger partial charge in [-0.15, -0.1) is 0 Å². The summed E-state index contributed by atoms with van der Waals surface area (Å²) >= 11 is 5.14. The number of fused-ring (bicyclic) bond motifs is 1. The molecule has 0 amide bonds. The Labute approximate surface area is 109 Å². The van der Waals surface area contributed by atoms with Crippen molar-refractivity contribution in [3.8, 4) is 0 Å². The fourth-order valence-electron chi connectivity index (χ4n) is 1.54. The Morgan fingerprint density at radius 2 is 2.29 bits per heavy atom. The molecular weight excluding hydrogens is 370 g/mol. The number of rotatable bonds is 4. The van der Waals surface area contributed by atoms with E-state index in [1.807, 2.05) is 11.3 Å². The van der Waals surface area contributed by atoms with Crippen LogP contribution in [0.4, 0.5) is 0 Å². The van der Waals surface area contributed by atoms with Crippen LogP contribution in [-0.4, -0.2) is 14.5 Å². The minimum atomic E-state index is 0.660. The van der Waals surface area contributed by atoms with Gasteiger partial charge in [0.25, 0.3) is 0 Å². The van der Waals surface area contributed by atoms with Crippen molar-refractivity contribution < 1.29 is 0 Å². The van der Waals surface area contributed by atoms with Gasteiger partial charge in [0, 0.05) is 0 Å². The summed E-state index contributed by atoms with van der Waals surface area (Å²) in [7, 11) is 0. The van der Waals surface area contributed by atoms with Gasteiger partial charge in [0.2, 0.25) is 0 Å². The second-order valence-corrected chi connectivity index (χ2v) is 8.31.